The molecule has 1 heterocycles. The summed E-state index contributed by atoms with van der Waals surface area (Å²) in [5.74, 6) is 0.758. The van der Waals surface area contributed by atoms with E-state index < -0.39 is 10.0 Å². The zero-order valence-corrected chi connectivity index (χ0v) is 11.9. The van der Waals surface area contributed by atoms with Gasteiger partial charge in [0.05, 0.1) is 11.2 Å². The molecule has 0 saturated heterocycles. The second kappa shape index (κ2) is 5.69. The van der Waals surface area contributed by atoms with Crippen LogP contribution in [0, 0.1) is 0 Å². The molecule has 6 heteroatoms. The van der Waals surface area contributed by atoms with Gasteiger partial charge in [-0.05, 0) is 36.4 Å². The molecule has 0 bridgehead atoms. The van der Waals surface area contributed by atoms with Gasteiger partial charge < -0.3 is 4.42 Å². The molecule has 0 amide bonds. The van der Waals surface area contributed by atoms with Gasteiger partial charge in [-0.1, -0.05) is 15.9 Å². The highest BCUT2D eigenvalue weighted by Gasteiger charge is 2.12. The SMILES string of the molecule is O=S(=O)(NCCc1ccco1)c1ccc(Br)cc1. The van der Waals surface area contributed by atoms with E-state index in [1.54, 1.807) is 36.6 Å². The van der Waals surface area contributed by atoms with Crippen LogP contribution in [0.5, 0.6) is 0 Å². The standard InChI is InChI=1S/C12H12BrNO3S/c13-10-3-5-12(6-4-10)18(15,16)14-8-7-11-2-1-9-17-11/h1-6,9,14H,7-8H2. The lowest BCUT2D eigenvalue weighted by atomic mass is 10.3. The molecule has 0 aliphatic carbocycles. The Morgan fingerprint density at radius 2 is 1.89 bits per heavy atom. The molecule has 0 fully saturated rings. The minimum Gasteiger partial charge on any atom is -0.469 e. The molecule has 1 aromatic heterocycles. The molecule has 1 aromatic carbocycles. The first-order chi connectivity index (χ1) is 8.58. The van der Waals surface area contributed by atoms with Crippen LogP contribution in [0.25, 0.3) is 0 Å². The van der Waals surface area contributed by atoms with Crippen LogP contribution in [-0.2, 0) is 16.4 Å². The van der Waals surface area contributed by atoms with Gasteiger partial charge in [0.25, 0.3) is 0 Å². The number of nitrogens with one attached hydrogen (secondary N) is 1. The second-order valence-corrected chi connectivity index (χ2v) is 6.36. The summed E-state index contributed by atoms with van der Waals surface area (Å²) in [4.78, 5) is 0.255. The van der Waals surface area contributed by atoms with Crippen LogP contribution in [0.1, 0.15) is 5.76 Å². The second-order valence-electron chi connectivity index (χ2n) is 3.68. The zero-order chi connectivity index (χ0) is 13.0. The fraction of sp³-hybridized carbons (Fsp3) is 0.167. The number of rotatable bonds is 5. The highest BCUT2D eigenvalue weighted by molar-refractivity contribution is 9.10. The number of sulfonamides is 1. The molecule has 2 aromatic rings. The molecule has 96 valence electrons. The summed E-state index contributed by atoms with van der Waals surface area (Å²) >= 11 is 3.26. The molecule has 1 N–H and O–H groups in total. The lowest BCUT2D eigenvalue weighted by Gasteiger charge is -2.05. The molecule has 18 heavy (non-hydrogen) atoms. The van der Waals surface area contributed by atoms with Crippen LogP contribution in [0.15, 0.2) is 56.4 Å². The molecule has 0 saturated carbocycles. The van der Waals surface area contributed by atoms with E-state index in [1.807, 2.05) is 6.07 Å². The van der Waals surface area contributed by atoms with Gasteiger partial charge in [-0.25, -0.2) is 13.1 Å². The maximum absolute atomic E-state index is 11.9. The first-order valence-corrected chi connectivity index (χ1v) is 7.63. The van der Waals surface area contributed by atoms with Crippen molar-refractivity contribution in [3.05, 3.63) is 52.9 Å². The van der Waals surface area contributed by atoms with Crippen molar-refractivity contribution in [3.8, 4) is 0 Å². The number of furan rings is 1. The first-order valence-electron chi connectivity index (χ1n) is 5.35. The Hall–Kier alpha value is -1.11. The predicted octanol–water partition coefficient (Wildman–Crippen LogP) is 2.56. The maximum Gasteiger partial charge on any atom is 0.240 e. The third kappa shape index (κ3) is 3.44. The Labute approximate surface area is 114 Å². The van der Waals surface area contributed by atoms with Gasteiger partial charge in [-0.2, -0.15) is 0 Å². The average Bonchev–Trinajstić information content (AvgIpc) is 2.82. The zero-order valence-electron chi connectivity index (χ0n) is 9.47. The Morgan fingerprint density at radius 3 is 2.50 bits per heavy atom. The van der Waals surface area contributed by atoms with Crippen molar-refractivity contribution in [2.75, 3.05) is 6.54 Å². The van der Waals surface area contributed by atoms with Crippen LogP contribution in [0.4, 0.5) is 0 Å². The molecule has 0 radical (unpaired) electrons. The monoisotopic (exact) mass is 329 g/mol. The quantitative estimate of drug-likeness (QED) is 0.917. The molecule has 0 atom stereocenters. The predicted molar refractivity (Wildman–Crippen MR) is 71.7 cm³/mol. The summed E-state index contributed by atoms with van der Waals surface area (Å²) in [5, 5.41) is 0. The van der Waals surface area contributed by atoms with Gasteiger partial charge in [0.1, 0.15) is 5.76 Å². The normalized spacial score (nSPS) is 11.6. The third-order valence-corrected chi connectivity index (χ3v) is 4.37. The third-order valence-electron chi connectivity index (χ3n) is 2.37. The highest BCUT2D eigenvalue weighted by atomic mass is 79.9. The van der Waals surface area contributed by atoms with Crippen molar-refractivity contribution in [2.45, 2.75) is 11.3 Å². The highest BCUT2D eigenvalue weighted by Crippen LogP contribution is 2.14. The van der Waals surface area contributed by atoms with Crippen molar-refractivity contribution in [3.63, 3.8) is 0 Å². The summed E-state index contributed by atoms with van der Waals surface area (Å²) in [6, 6.07) is 10.1. The van der Waals surface area contributed by atoms with Crippen LogP contribution >= 0.6 is 15.9 Å². The first kappa shape index (κ1) is 13.3. The Bertz CT molecular complexity index is 591. The fourth-order valence-corrected chi connectivity index (χ4v) is 2.76. The van der Waals surface area contributed by atoms with Crippen molar-refractivity contribution >= 4 is 26.0 Å². The number of halogens is 1. The summed E-state index contributed by atoms with van der Waals surface area (Å²) in [6.07, 6.45) is 2.10. The molecule has 2 rings (SSSR count). The number of benzene rings is 1. The van der Waals surface area contributed by atoms with E-state index >= 15 is 0 Å². The van der Waals surface area contributed by atoms with E-state index in [-0.39, 0.29) is 4.90 Å². The van der Waals surface area contributed by atoms with Crippen molar-refractivity contribution in [2.24, 2.45) is 0 Å². The minimum atomic E-state index is -3.44. The molecular formula is C12H12BrNO3S. The smallest absolute Gasteiger partial charge is 0.240 e. The van der Waals surface area contributed by atoms with Gasteiger partial charge >= 0.3 is 0 Å². The molecule has 4 nitrogen and oxygen atoms in total. The van der Waals surface area contributed by atoms with Gasteiger partial charge in [0.2, 0.25) is 10.0 Å². The van der Waals surface area contributed by atoms with Crippen molar-refractivity contribution in [1.82, 2.24) is 4.72 Å². The summed E-state index contributed by atoms with van der Waals surface area (Å²) < 4.78 is 32.3. The lowest BCUT2D eigenvalue weighted by molar-refractivity contribution is 0.506. The van der Waals surface area contributed by atoms with Crippen molar-refractivity contribution < 1.29 is 12.8 Å². The topological polar surface area (TPSA) is 59.3 Å². The largest absolute Gasteiger partial charge is 0.469 e. The van der Waals surface area contributed by atoms with Crippen LogP contribution in [0.3, 0.4) is 0 Å². The average molecular weight is 330 g/mol. The fourth-order valence-electron chi connectivity index (χ4n) is 1.46. The Morgan fingerprint density at radius 1 is 1.17 bits per heavy atom. The maximum atomic E-state index is 11.9. The summed E-state index contributed by atoms with van der Waals surface area (Å²) in [5.41, 5.74) is 0. The van der Waals surface area contributed by atoms with Crippen molar-refractivity contribution in [1.29, 1.82) is 0 Å². The molecule has 0 unspecified atom stereocenters. The number of hydrogen-bond donors (Lipinski definition) is 1. The van der Waals surface area contributed by atoms with Gasteiger partial charge in [0.15, 0.2) is 0 Å². The van der Waals surface area contributed by atoms with Gasteiger partial charge in [0, 0.05) is 17.4 Å². The van der Waals surface area contributed by atoms with E-state index in [4.69, 9.17) is 4.42 Å². The van der Waals surface area contributed by atoms with Crippen LogP contribution in [-0.4, -0.2) is 15.0 Å². The molecular weight excluding hydrogens is 318 g/mol. The molecule has 0 aliphatic heterocycles. The Balaban J connectivity index is 1.97. The van der Waals surface area contributed by atoms with E-state index in [2.05, 4.69) is 20.7 Å². The van der Waals surface area contributed by atoms with Gasteiger partial charge in [-0.3, -0.25) is 0 Å². The minimum absolute atomic E-state index is 0.255. The van der Waals surface area contributed by atoms with Crippen LogP contribution < -0.4 is 4.72 Å². The molecule has 0 aliphatic rings. The van der Waals surface area contributed by atoms with E-state index in [9.17, 15) is 8.42 Å². The number of hydrogen-bond acceptors (Lipinski definition) is 3. The lowest BCUT2D eigenvalue weighted by Crippen LogP contribution is -2.25. The van der Waals surface area contributed by atoms with Crippen LogP contribution in [0.2, 0.25) is 0 Å². The summed E-state index contributed by atoms with van der Waals surface area (Å²) in [7, 11) is -3.44. The van der Waals surface area contributed by atoms with Gasteiger partial charge in [-0.15, -0.1) is 0 Å². The Kier molecular flexibility index (Phi) is 4.21. The van der Waals surface area contributed by atoms with E-state index in [1.165, 1.54) is 0 Å². The van der Waals surface area contributed by atoms with E-state index in [0.29, 0.717) is 13.0 Å². The summed E-state index contributed by atoms with van der Waals surface area (Å²) in [6.45, 7) is 0.311. The molecule has 0 spiro atoms. The van der Waals surface area contributed by atoms with E-state index in [0.717, 1.165) is 10.2 Å².